The van der Waals surface area contributed by atoms with Gasteiger partial charge in [0.25, 0.3) is 0 Å². The Hall–Kier alpha value is -3.51. The van der Waals surface area contributed by atoms with Crippen molar-refractivity contribution in [3.63, 3.8) is 0 Å². The maximum Gasteiger partial charge on any atom is 0.248 e. The predicted octanol–water partition coefficient (Wildman–Crippen LogP) is 8.10. The minimum absolute atomic E-state index is 0.355. The maximum atomic E-state index is 12.5. The zero-order chi connectivity index (χ0) is 23.7. The first-order valence-corrected chi connectivity index (χ1v) is 11.4. The Kier molecular flexibility index (Phi) is 6.16. The molecule has 3 aromatic carbocycles. The van der Waals surface area contributed by atoms with Gasteiger partial charge in [-0.1, -0.05) is 46.9 Å². The molecule has 5 aromatic rings. The van der Waals surface area contributed by atoms with Crippen LogP contribution in [0.5, 0.6) is 0 Å². The highest BCUT2D eigenvalue weighted by Crippen LogP contribution is 2.32. The van der Waals surface area contributed by atoms with Crippen LogP contribution in [0.2, 0.25) is 15.1 Å². The van der Waals surface area contributed by atoms with Crippen LogP contribution in [0.25, 0.3) is 39.8 Å². The quantitative estimate of drug-likeness (QED) is 0.236. The molecule has 5 nitrogen and oxygen atoms in total. The molecule has 2 heterocycles. The Morgan fingerprint density at radius 1 is 0.941 bits per heavy atom. The molecule has 0 atom stereocenters. The van der Waals surface area contributed by atoms with Gasteiger partial charge in [0.2, 0.25) is 5.91 Å². The molecule has 34 heavy (non-hydrogen) atoms. The van der Waals surface area contributed by atoms with Crippen LogP contribution in [-0.2, 0) is 4.79 Å². The number of hydrogen-bond acceptors (Lipinski definition) is 3. The molecule has 1 amide bonds. The molecule has 0 aliphatic carbocycles. The first kappa shape index (κ1) is 22.3. The normalized spacial score (nSPS) is 11.4. The van der Waals surface area contributed by atoms with Crippen LogP contribution < -0.4 is 5.32 Å². The number of H-pyrrole nitrogens is 1. The number of aromatic amines is 1. The molecule has 2 aromatic heterocycles. The Bertz CT molecular complexity index is 1520. The Morgan fingerprint density at radius 3 is 2.62 bits per heavy atom. The average Bonchev–Trinajstić information content (AvgIpc) is 3.46. The number of aromatic nitrogens is 2. The summed E-state index contributed by atoms with van der Waals surface area (Å²) in [5, 5.41) is 4.24. The largest absolute Gasteiger partial charge is 0.457 e. The number of para-hydroxylation sites is 2. The summed E-state index contributed by atoms with van der Waals surface area (Å²) in [5.41, 5.74) is 3.78. The van der Waals surface area contributed by atoms with Crippen molar-refractivity contribution in [3.05, 3.63) is 99.7 Å². The van der Waals surface area contributed by atoms with Gasteiger partial charge in [0.15, 0.2) is 0 Å². The minimum Gasteiger partial charge on any atom is -0.457 e. The van der Waals surface area contributed by atoms with E-state index in [1.165, 1.54) is 6.08 Å². The summed E-state index contributed by atoms with van der Waals surface area (Å²) >= 11 is 18.5. The molecule has 0 aliphatic rings. The van der Waals surface area contributed by atoms with E-state index >= 15 is 0 Å². The second-order valence-corrected chi connectivity index (χ2v) is 8.70. The molecule has 0 unspecified atom stereocenters. The topological polar surface area (TPSA) is 70.9 Å². The van der Waals surface area contributed by atoms with E-state index in [1.807, 2.05) is 30.3 Å². The number of furan rings is 1. The van der Waals surface area contributed by atoms with Crippen LogP contribution >= 0.6 is 34.8 Å². The van der Waals surface area contributed by atoms with Crippen LogP contribution in [-0.4, -0.2) is 15.9 Å². The highest BCUT2D eigenvalue weighted by atomic mass is 35.5. The van der Waals surface area contributed by atoms with Gasteiger partial charge >= 0.3 is 0 Å². The second kappa shape index (κ2) is 9.39. The third kappa shape index (κ3) is 4.73. The zero-order valence-corrected chi connectivity index (χ0v) is 19.7. The number of anilines is 1. The fraction of sp³-hybridized carbons (Fsp3) is 0. The molecular formula is C26H16Cl3N3O2. The first-order valence-electron chi connectivity index (χ1n) is 10.3. The molecule has 2 N–H and O–H groups in total. The number of hydrogen-bond donors (Lipinski definition) is 2. The standard InChI is InChI=1S/C26H16Cl3N3O2/c27-16-6-9-18(20(29)14-16)24-11-7-17(34-24)8-12-25(33)30-23-13-15(5-10-19(23)28)26-31-21-3-1-2-4-22(21)32-26/h1-14H,(H,30,33)(H,31,32)/b12-8+. The van der Waals surface area contributed by atoms with Crippen molar-refractivity contribution < 1.29 is 9.21 Å². The lowest BCUT2D eigenvalue weighted by molar-refractivity contribution is -0.111. The number of amides is 1. The number of carbonyl (C=O) groups is 1. The maximum absolute atomic E-state index is 12.5. The summed E-state index contributed by atoms with van der Waals surface area (Å²) in [6, 6.07) is 21.8. The molecule has 0 fully saturated rings. The van der Waals surface area contributed by atoms with Gasteiger partial charge in [-0.2, -0.15) is 0 Å². The highest BCUT2D eigenvalue weighted by Gasteiger charge is 2.11. The van der Waals surface area contributed by atoms with Crippen molar-refractivity contribution in [1.82, 2.24) is 9.97 Å². The van der Waals surface area contributed by atoms with Gasteiger partial charge in [0, 0.05) is 22.2 Å². The Balaban J connectivity index is 1.32. The number of fused-ring (bicyclic) bond motifs is 1. The Labute approximate surface area is 210 Å². The van der Waals surface area contributed by atoms with E-state index in [1.54, 1.807) is 48.5 Å². The minimum atomic E-state index is -0.355. The van der Waals surface area contributed by atoms with Gasteiger partial charge in [-0.3, -0.25) is 4.79 Å². The second-order valence-electron chi connectivity index (χ2n) is 7.45. The highest BCUT2D eigenvalue weighted by molar-refractivity contribution is 6.36. The van der Waals surface area contributed by atoms with Crippen molar-refractivity contribution >= 4 is 63.5 Å². The third-order valence-electron chi connectivity index (χ3n) is 5.11. The summed E-state index contributed by atoms with van der Waals surface area (Å²) in [6.07, 6.45) is 2.94. The van der Waals surface area contributed by atoms with Crippen LogP contribution in [0, 0.1) is 0 Å². The SMILES string of the molecule is O=C(/C=C/c1ccc(-c2ccc(Cl)cc2Cl)o1)Nc1cc(-c2nc3ccccc3[nH]2)ccc1Cl. The fourth-order valence-electron chi connectivity index (χ4n) is 3.47. The number of halogens is 3. The molecule has 0 saturated heterocycles. The lowest BCUT2D eigenvalue weighted by Crippen LogP contribution is -2.08. The summed E-state index contributed by atoms with van der Waals surface area (Å²) < 4.78 is 5.79. The molecule has 0 aliphatic heterocycles. The van der Waals surface area contributed by atoms with E-state index in [-0.39, 0.29) is 5.91 Å². The van der Waals surface area contributed by atoms with Gasteiger partial charge in [0.1, 0.15) is 17.3 Å². The lowest BCUT2D eigenvalue weighted by atomic mass is 10.2. The predicted molar refractivity (Wildman–Crippen MR) is 138 cm³/mol. The number of benzene rings is 3. The van der Waals surface area contributed by atoms with E-state index in [0.29, 0.717) is 43.7 Å². The molecule has 8 heteroatoms. The van der Waals surface area contributed by atoms with Crippen molar-refractivity contribution in [1.29, 1.82) is 0 Å². The van der Waals surface area contributed by atoms with Gasteiger partial charge in [-0.25, -0.2) is 4.98 Å². The molecule has 0 spiro atoms. The van der Waals surface area contributed by atoms with Crippen LogP contribution in [0.15, 0.2) is 83.3 Å². The summed E-state index contributed by atoms with van der Waals surface area (Å²) in [4.78, 5) is 20.4. The summed E-state index contributed by atoms with van der Waals surface area (Å²) in [7, 11) is 0. The molecule has 5 rings (SSSR count). The molecular weight excluding hydrogens is 493 g/mol. The van der Waals surface area contributed by atoms with E-state index in [9.17, 15) is 4.79 Å². The summed E-state index contributed by atoms with van der Waals surface area (Å²) in [6.45, 7) is 0. The third-order valence-corrected chi connectivity index (χ3v) is 5.99. The van der Waals surface area contributed by atoms with E-state index in [0.717, 1.165) is 16.6 Å². The summed E-state index contributed by atoms with van der Waals surface area (Å²) in [5.74, 6) is 1.40. The number of rotatable bonds is 5. The first-order chi connectivity index (χ1) is 16.5. The smallest absolute Gasteiger partial charge is 0.248 e. The molecule has 0 saturated carbocycles. The van der Waals surface area contributed by atoms with E-state index < -0.39 is 0 Å². The number of nitrogens with one attached hydrogen (secondary N) is 2. The molecule has 0 bridgehead atoms. The van der Waals surface area contributed by atoms with Gasteiger partial charge in [-0.15, -0.1) is 0 Å². The molecule has 168 valence electrons. The van der Waals surface area contributed by atoms with E-state index in [2.05, 4.69) is 15.3 Å². The number of carbonyl (C=O) groups excluding carboxylic acids is 1. The van der Waals surface area contributed by atoms with Crippen molar-refractivity contribution in [3.8, 4) is 22.7 Å². The fourth-order valence-corrected chi connectivity index (χ4v) is 4.13. The van der Waals surface area contributed by atoms with E-state index in [4.69, 9.17) is 39.2 Å². The number of imidazole rings is 1. The van der Waals surface area contributed by atoms with Crippen molar-refractivity contribution in [2.75, 3.05) is 5.32 Å². The Morgan fingerprint density at radius 2 is 1.79 bits per heavy atom. The van der Waals surface area contributed by atoms with Gasteiger partial charge < -0.3 is 14.7 Å². The van der Waals surface area contributed by atoms with Crippen LogP contribution in [0.1, 0.15) is 5.76 Å². The number of nitrogens with zero attached hydrogens (tertiary/aromatic N) is 1. The van der Waals surface area contributed by atoms with Crippen LogP contribution in [0.3, 0.4) is 0 Å². The lowest BCUT2D eigenvalue weighted by Gasteiger charge is -2.07. The van der Waals surface area contributed by atoms with Crippen LogP contribution in [0.4, 0.5) is 5.69 Å². The van der Waals surface area contributed by atoms with Gasteiger partial charge in [0.05, 0.1) is 26.8 Å². The van der Waals surface area contributed by atoms with Crippen molar-refractivity contribution in [2.24, 2.45) is 0 Å². The monoisotopic (exact) mass is 507 g/mol. The van der Waals surface area contributed by atoms with Gasteiger partial charge in [-0.05, 0) is 66.7 Å². The zero-order valence-electron chi connectivity index (χ0n) is 17.5. The molecule has 0 radical (unpaired) electrons. The van der Waals surface area contributed by atoms with Crippen molar-refractivity contribution in [2.45, 2.75) is 0 Å². The average molecular weight is 509 g/mol.